The summed E-state index contributed by atoms with van der Waals surface area (Å²) in [5.74, 6) is 0.306. The van der Waals surface area contributed by atoms with Gasteiger partial charge in [-0.2, -0.15) is 0 Å². The van der Waals surface area contributed by atoms with Gasteiger partial charge in [0, 0.05) is 12.2 Å². The van der Waals surface area contributed by atoms with Crippen LogP contribution >= 0.6 is 0 Å². The van der Waals surface area contributed by atoms with Gasteiger partial charge in [-0.25, -0.2) is 13.4 Å². The Morgan fingerprint density at radius 3 is 2.44 bits per heavy atom. The van der Waals surface area contributed by atoms with Gasteiger partial charge in [0.25, 0.3) is 10.0 Å². The normalized spacial score (nSPS) is 13.5. The molecule has 6 heteroatoms. The minimum absolute atomic E-state index is 0.217. The minimum Gasteiger partial charge on any atom is -0.340 e. The van der Waals surface area contributed by atoms with Crippen molar-refractivity contribution in [2.75, 3.05) is 16.2 Å². The summed E-state index contributed by atoms with van der Waals surface area (Å²) in [7, 11) is -3.62. The van der Waals surface area contributed by atoms with E-state index in [1.807, 2.05) is 18.2 Å². The first-order valence-corrected chi connectivity index (χ1v) is 9.51. The van der Waals surface area contributed by atoms with E-state index < -0.39 is 10.0 Å². The van der Waals surface area contributed by atoms with E-state index in [1.54, 1.807) is 42.6 Å². The Balaban J connectivity index is 1.56. The zero-order valence-corrected chi connectivity index (χ0v) is 14.3. The van der Waals surface area contributed by atoms with Crippen LogP contribution in [0.4, 0.5) is 17.2 Å². The third-order valence-corrected chi connectivity index (χ3v) is 5.61. The molecule has 0 unspecified atom stereocenters. The molecule has 3 aromatic rings. The molecule has 0 spiro atoms. The van der Waals surface area contributed by atoms with E-state index in [1.165, 1.54) is 11.3 Å². The third-order valence-electron chi connectivity index (χ3n) is 4.24. The Labute approximate surface area is 147 Å². The third kappa shape index (κ3) is 3.08. The Morgan fingerprint density at radius 2 is 1.68 bits per heavy atom. The summed E-state index contributed by atoms with van der Waals surface area (Å²) in [6.45, 7) is 0.899. The zero-order valence-electron chi connectivity index (χ0n) is 13.5. The number of fused-ring (bicyclic) bond motifs is 1. The summed E-state index contributed by atoms with van der Waals surface area (Å²) < 4.78 is 27.2. The number of pyridine rings is 1. The highest BCUT2D eigenvalue weighted by atomic mass is 32.2. The van der Waals surface area contributed by atoms with Gasteiger partial charge in [0.2, 0.25) is 0 Å². The summed E-state index contributed by atoms with van der Waals surface area (Å²) in [6, 6.07) is 20.1. The number of hydrogen-bond donors (Lipinski definition) is 1. The van der Waals surface area contributed by atoms with Crippen LogP contribution in [-0.2, 0) is 16.4 Å². The van der Waals surface area contributed by atoms with Gasteiger partial charge in [-0.05, 0) is 42.3 Å². The van der Waals surface area contributed by atoms with Crippen LogP contribution in [0.2, 0.25) is 0 Å². The van der Waals surface area contributed by atoms with Crippen molar-refractivity contribution in [1.29, 1.82) is 0 Å². The van der Waals surface area contributed by atoms with Crippen LogP contribution in [0.25, 0.3) is 0 Å². The number of anilines is 3. The highest BCUT2D eigenvalue weighted by Gasteiger charge is 2.20. The Bertz CT molecular complexity index is 987. The van der Waals surface area contributed by atoms with Crippen LogP contribution in [-0.4, -0.2) is 19.9 Å². The highest BCUT2D eigenvalue weighted by Crippen LogP contribution is 2.34. The zero-order chi connectivity index (χ0) is 17.3. The fourth-order valence-corrected chi connectivity index (χ4v) is 4.04. The monoisotopic (exact) mass is 351 g/mol. The molecule has 1 aliphatic heterocycles. The van der Waals surface area contributed by atoms with Crippen LogP contribution in [0.5, 0.6) is 0 Å². The maximum atomic E-state index is 12.3. The summed E-state index contributed by atoms with van der Waals surface area (Å²) in [5, 5.41) is 0. The fraction of sp³-hybridized carbons (Fsp3) is 0.105. The molecular weight excluding hydrogens is 334 g/mol. The first kappa shape index (κ1) is 15.7. The lowest BCUT2D eigenvalue weighted by atomic mass is 10.2. The van der Waals surface area contributed by atoms with Crippen LogP contribution in [0, 0.1) is 0 Å². The molecule has 1 N–H and O–H groups in total. The molecule has 126 valence electrons. The lowest BCUT2D eigenvalue weighted by molar-refractivity contribution is 0.601. The second-order valence-electron chi connectivity index (χ2n) is 5.85. The first-order valence-electron chi connectivity index (χ1n) is 8.03. The molecule has 2 aromatic carbocycles. The van der Waals surface area contributed by atoms with Crippen molar-refractivity contribution in [3.63, 3.8) is 0 Å². The van der Waals surface area contributed by atoms with Gasteiger partial charge in [-0.3, -0.25) is 4.72 Å². The standard InChI is InChI=1S/C19H17N3O2S/c23-25(24,17-7-2-1-3-8-17)21-19-11-10-16(14-20-19)22-13-12-15-6-4-5-9-18(15)22/h1-11,14H,12-13H2,(H,20,21). The number of para-hydroxylation sites is 1. The predicted molar refractivity (Wildman–Crippen MR) is 98.6 cm³/mol. The van der Waals surface area contributed by atoms with E-state index in [9.17, 15) is 8.42 Å². The molecule has 1 aromatic heterocycles. The van der Waals surface area contributed by atoms with Crippen molar-refractivity contribution in [2.24, 2.45) is 0 Å². The molecule has 0 saturated carbocycles. The predicted octanol–water partition coefficient (Wildman–Crippen LogP) is 3.58. The number of rotatable bonds is 4. The molecule has 0 aliphatic carbocycles. The SMILES string of the molecule is O=S(=O)(Nc1ccc(N2CCc3ccccc32)cn1)c1ccccc1. The maximum absolute atomic E-state index is 12.3. The number of aromatic nitrogens is 1. The van der Waals surface area contributed by atoms with Crippen LogP contribution in [0.1, 0.15) is 5.56 Å². The van der Waals surface area contributed by atoms with Gasteiger partial charge in [-0.15, -0.1) is 0 Å². The lowest BCUT2D eigenvalue weighted by Crippen LogP contribution is -2.15. The Morgan fingerprint density at radius 1 is 0.920 bits per heavy atom. The first-order chi connectivity index (χ1) is 12.1. The van der Waals surface area contributed by atoms with Crippen molar-refractivity contribution >= 4 is 27.2 Å². The topological polar surface area (TPSA) is 62.3 Å². The van der Waals surface area contributed by atoms with E-state index in [2.05, 4.69) is 26.7 Å². The number of nitrogens with one attached hydrogen (secondary N) is 1. The lowest BCUT2D eigenvalue weighted by Gasteiger charge is -2.19. The molecule has 0 atom stereocenters. The molecule has 0 amide bonds. The van der Waals surface area contributed by atoms with Crippen molar-refractivity contribution in [3.8, 4) is 0 Å². The molecule has 1 aliphatic rings. The van der Waals surface area contributed by atoms with Crippen LogP contribution in [0.3, 0.4) is 0 Å². The van der Waals surface area contributed by atoms with Gasteiger partial charge in [0.05, 0.1) is 16.8 Å². The minimum atomic E-state index is -3.62. The molecule has 4 rings (SSSR count). The van der Waals surface area contributed by atoms with E-state index in [-0.39, 0.29) is 4.90 Å². The summed E-state index contributed by atoms with van der Waals surface area (Å²) in [6.07, 6.45) is 2.70. The quantitative estimate of drug-likeness (QED) is 0.780. The maximum Gasteiger partial charge on any atom is 0.263 e. The molecule has 0 bridgehead atoms. The molecule has 2 heterocycles. The van der Waals surface area contributed by atoms with E-state index in [0.29, 0.717) is 5.82 Å². The van der Waals surface area contributed by atoms with Gasteiger partial charge in [0.1, 0.15) is 5.82 Å². The summed E-state index contributed by atoms with van der Waals surface area (Å²) >= 11 is 0. The number of hydrogen-bond acceptors (Lipinski definition) is 4. The van der Waals surface area contributed by atoms with Gasteiger partial charge in [-0.1, -0.05) is 36.4 Å². The molecule has 25 heavy (non-hydrogen) atoms. The smallest absolute Gasteiger partial charge is 0.263 e. The average Bonchev–Trinajstić information content (AvgIpc) is 3.07. The molecule has 0 radical (unpaired) electrons. The number of nitrogens with zero attached hydrogens (tertiary/aromatic N) is 2. The Kier molecular flexibility index (Phi) is 3.89. The molecule has 0 fully saturated rings. The van der Waals surface area contributed by atoms with Crippen molar-refractivity contribution in [2.45, 2.75) is 11.3 Å². The van der Waals surface area contributed by atoms with Crippen molar-refractivity contribution in [3.05, 3.63) is 78.5 Å². The fourth-order valence-electron chi connectivity index (χ4n) is 3.01. The van der Waals surface area contributed by atoms with Gasteiger partial charge >= 0.3 is 0 Å². The largest absolute Gasteiger partial charge is 0.340 e. The van der Waals surface area contributed by atoms with Crippen LogP contribution < -0.4 is 9.62 Å². The average molecular weight is 351 g/mol. The van der Waals surface area contributed by atoms with E-state index in [0.717, 1.165) is 18.7 Å². The number of sulfonamides is 1. The Hall–Kier alpha value is -2.86. The highest BCUT2D eigenvalue weighted by molar-refractivity contribution is 7.92. The number of benzene rings is 2. The summed E-state index contributed by atoms with van der Waals surface area (Å²) in [5.41, 5.74) is 3.45. The molecular formula is C19H17N3O2S. The molecule has 5 nitrogen and oxygen atoms in total. The van der Waals surface area contributed by atoms with Gasteiger partial charge in [0.15, 0.2) is 0 Å². The second kappa shape index (κ2) is 6.22. The summed E-state index contributed by atoms with van der Waals surface area (Å²) in [4.78, 5) is 6.68. The molecule has 0 saturated heterocycles. The second-order valence-corrected chi connectivity index (χ2v) is 7.53. The van der Waals surface area contributed by atoms with Gasteiger partial charge < -0.3 is 4.90 Å². The van der Waals surface area contributed by atoms with E-state index >= 15 is 0 Å². The van der Waals surface area contributed by atoms with Crippen molar-refractivity contribution < 1.29 is 8.42 Å². The van der Waals surface area contributed by atoms with E-state index in [4.69, 9.17) is 0 Å². The van der Waals surface area contributed by atoms with Crippen molar-refractivity contribution in [1.82, 2.24) is 4.98 Å². The van der Waals surface area contributed by atoms with Crippen LogP contribution in [0.15, 0.2) is 77.8 Å².